The van der Waals surface area contributed by atoms with E-state index in [9.17, 15) is 26.3 Å². The monoisotopic (exact) mass is 504 g/mol. The summed E-state index contributed by atoms with van der Waals surface area (Å²) < 4.78 is 79.2. The number of nitrogen functional groups attached to an aromatic ring is 2. The lowest BCUT2D eigenvalue weighted by molar-refractivity contribution is -0.139. The van der Waals surface area contributed by atoms with Gasteiger partial charge >= 0.3 is 12.4 Å². The van der Waals surface area contributed by atoms with Gasteiger partial charge in [0.05, 0.1) is 11.1 Å². The zero-order valence-electron chi connectivity index (χ0n) is 16.1. The van der Waals surface area contributed by atoms with E-state index >= 15 is 0 Å². The Bertz CT molecular complexity index is 843. The summed E-state index contributed by atoms with van der Waals surface area (Å²) in [5, 5.41) is -0.0648. The highest BCUT2D eigenvalue weighted by atomic mass is 35.5. The summed E-state index contributed by atoms with van der Waals surface area (Å²) >= 11 is 13.3. The molecule has 0 saturated carbocycles. The highest BCUT2D eigenvalue weighted by Crippen LogP contribution is 2.39. The largest absolute Gasteiger partial charge is 0.416 e. The predicted molar refractivity (Wildman–Crippen MR) is 116 cm³/mol. The Labute approximate surface area is 190 Å². The molecule has 0 amide bonds. The van der Waals surface area contributed by atoms with E-state index in [0.717, 1.165) is 12.1 Å². The van der Waals surface area contributed by atoms with E-state index < -0.39 is 23.5 Å². The first kappa shape index (κ1) is 25.8. The van der Waals surface area contributed by atoms with Gasteiger partial charge in [0, 0.05) is 21.4 Å². The molecule has 2 aromatic rings. The van der Waals surface area contributed by atoms with E-state index in [4.69, 9.17) is 34.7 Å². The van der Waals surface area contributed by atoms with Crippen LogP contribution >= 0.6 is 35.0 Å². The van der Waals surface area contributed by atoms with E-state index in [-0.39, 0.29) is 45.4 Å². The Hall–Kier alpha value is -1.45. The fourth-order valence-corrected chi connectivity index (χ4v) is 4.68. The van der Waals surface area contributed by atoms with Crippen molar-refractivity contribution >= 4 is 46.3 Å². The quantitative estimate of drug-likeness (QED) is 0.222. The second kappa shape index (κ2) is 10.4. The van der Waals surface area contributed by atoms with Crippen LogP contribution in [0.2, 0.25) is 10.0 Å². The normalized spacial score (nSPS) is 12.4. The summed E-state index contributed by atoms with van der Waals surface area (Å²) in [6.45, 7) is 0. The Morgan fingerprint density at radius 1 is 0.677 bits per heavy atom. The molecule has 2 rings (SSSR count). The van der Waals surface area contributed by atoms with Gasteiger partial charge in [-0.15, -0.1) is 0 Å². The first-order valence-electron chi connectivity index (χ1n) is 9.18. The molecule has 0 fully saturated rings. The maximum atomic E-state index is 13.2. The summed E-state index contributed by atoms with van der Waals surface area (Å²) in [5.41, 5.74) is 9.10. The van der Waals surface area contributed by atoms with Crippen molar-refractivity contribution in [3.63, 3.8) is 0 Å². The molecular weight excluding hydrogens is 485 g/mol. The predicted octanol–water partition coefficient (Wildman–Crippen LogP) is 7.49. The summed E-state index contributed by atoms with van der Waals surface area (Å²) in [4.78, 5) is 0. The molecule has 2 nitrogen and oxygen atoms in total. The molecule has 0 unspecified atom stereocenters. The van der Waals surface area contributed by atoms with Crippen LogP contribution in [0.3, 0.4) is 0 Å². The first-order valence-corrected chi connectivity index (χ1v) is 11.1. The van der Waals surface area contributed by atoms with Gasteiger partial charge in [0.1, 0.15) is 0 Å². The number of hydrogen-bond acceptors (Lipinski definition) is 3. The fraction of sp³-hybridized carbons (Fsp3) is 0.400. The summed E-state index contributed by atoms with van der Waals surface area (Å²) in [6, 6.07) is 4.30. The van der Waals surface area contributed by atoms with Gasteiger partial charge in [0.2, 0.25) is 0 Å². The van der Waals surface area contributed by atoms with Crippen molar-refractivity contribution in [1.29, 1.82) is 0 Å². The molecule has 0 aliphatic carbocycles. The molecule has 11 heteroatoms. The molecule has 0 heterocycles. The lowest BCUT2D eigenvalue weighted by Crippen LogP contribution is -2.11. The highest BCUT2D eigenvalue weighted by molar-refractivity contribution is 7.99. The number of alkyl halides is 6. The second-order valence-electron chi connectivity index (χ2n) is 6.87. The van der Waals surface area contributed by atoms with Gasteiger partial charge in [-0.2, -0.15) is 38.1 Å². The molecule has 0 aliphatic rings. The van der Waals surface area contributed by atoms with Gasteiger partial charge in [-0.3, -0.25) is 0 Å². The number of benzene rings is 2. The maximum absolute atomic E-state index is 13.2. The highest BCUT2D eigenvalue weighted by Gasteiger charge is 2.35. The second-order valence-corrected chi connectivity index (χ2v) is 8.91. The maximum Gasteiger partial charge on any atom is 0.416 e. The Morgan fingerprint density at radius 3 is 1.35 bits per heavy atom. The first-order chi connectivity index (χ1) is 14.3. The van der Waals surface area contributed by atoms with Crippen molar-refractivity contribution in [2.24, 2.45) is 0 Å². The molecule has 4 N–H and O–H groups in total. The number of nitrogens with two attached hydrogens (primary N) is 2. The molecule has 0 aliphatic heterocycles. The van der Waals surface area contributed by atoms with Crippen molar-refractivity contribution in [1.82, 2.24) is 0 Å². The van der Waals surface area contributed by atoms with Gasteiger partial charge in [0.25, 0.3) is 0 Å². The van der Waals surface area contributed by atoms with Crippen LogP contribution in [0.1, 0.15) is 35.1 Å². The van der Waals surface area contributed by atoms with Gasteiger partial charge in [0.15, 0.2) is 0 Å². The Morgan fingerprint density at radius 2 is 1.03 bits per heavy atom. The molecule has 0 atom stereocenters. The zero-order valence-corrected chi connectivity index (χ0v) is 18.5. The molecule has 0 radical (unpaired) electrons. The van der Waals surface area contributed by atoms with Crippen LogP contribution in [-0.2, 0) is 25.2 Å². The molecular formula is C20H20Cl2F6N2S. The molecule has 0 saturated heterocycles. The minimum Gasteiger partial charge on any atom is -0.399 e. The van der Waals surface area contributed by atoms with Crippen LogP contribution in [-0.4, -0.2) is 11.5 Å². The smallest absolute Gasteiger partial charge is 0.399 e. The van der Waals surface area contributed by atoms with Crippen LogP contribution in [0.5, 0.6) is 0 Å². The number of halogens is 8. The number of thioether (sulfide) groups is 1. The molecule has 0 spiro atoms. The van der Waals surface area contributed by atoms with Crippen LogP contribution in [0.15, 0.2) is 24.3 Å². The third-order valence-corrected chi connectivity index (χ3v) is 6.31. The fourth-order valence-electron chi connectivity index (χ4n) is 3.13. The van der Waals surface area contributed by atoms with Gasteiger partial charge in [-0.1, -0.05) is 23.2 Å². The van der Waals surface area contributed by atoms with E-state index in [2.05, 4.69) is 0 Å². The topological polar surface area (TPSA) is 52.0 Å². The molecule has 0 bridgehead atoms. The molecule has 2 aromatic carbocycles. The van der Waals surface area contributed by atoms with Crippen molar-refractivity contribution in [2.45, 2.75) is 38.0 Å². The van der Waals surface area contributed by atoms with E-state index in [1.165, 1.54) is 23.9 Å². The molecule has 31 heavy (non-hydrogen) atoms. The minimum atomic E-state index is -4.56. The number of hydrogen-bond donors (Lipinski definition) is 2. The van der Waals surface area contributed by atoms with E-state index in [0.29, 0.717) is 24.3 Å². The van der Waals surface area contributed by atoms with Gasteiger partial charge in [-0.25, -0.2) is 0 Å². The van der Waals surface area contributed by atoms with Crippen molar-refractivity contribution in [2.75, 3.05) is 23.0 Å². The lowest BCUT2D eigenvalue weighted by Gasteiger charge is -2.16. The van der Waals surface area contributed by atoms with Crippen LogP contribution in [0.25, 0.3) is 0 Å². The minimum absolute atomic E-state index is 0.00700. The van der Waals surface area contributed by atoms with Crippen molar-refractivity contribution in [3.05, 3.63) is 56.6 Å². The Balaban J connectivity index is 1.88. The van der Waals surface area contributed by atoms with Crippen LogP contribution < -0.4 is 11.5 Å². The summed E-state index contributed by atoms with van der Waals surface area (Å²) in [5.74, 6) is 1.05. The Kier molecular flexibility index (Phi) is 8.69. The average molecular weight is 505 g/mol. The number of anilines is 2. The lowest BCUT2D eigenvalue weighted by atomic mass is 10.0. The van der Waals surface area contributed by atoms with Crippen LogP contribution in [0.4, 0.5) is 37.7 Å². The zero-order chi connectivity index (χ0) is 23.4. The SMILES string of the molecule is Nc1cc(Cl)c(CCCSCCCc2c(Cl)cc(N)cc2C(F)(F)F)c(C(F)(F)F)c1. The summed E-state index contributed by atoms with van der Waals surface area (Å²) in [7, 11) is 0. The summed E-state index contributed by atoms with van der Waals surface area (Å²) in [6.07, 6.45) is -8.04. The van der Waals surface area contributed by atoms with Crippen molar-refractivity contribution in [3.8, 4) is 0 Å². The average Bonchev–Trinajstić information content (AvgIpc) is 2.61. The van der Waals surface area contributed by atoms with Gasteiger partial charge in [-0.05, 0) is 72.6 Å². The van der Waals surface area contributed by atoms with Gasteiger partial charge < -0.3 is 11.5 Å². The number of rotatable bonds is 8. The van der Waals surface area contributed by atoms with E-state index in [1.807, 2.05) is 0 Å². The third kappa shape index (κ3) is 7.29. The molecule has 172 valence electrons. The van der Waals surface area contributed by atoms with E-state index in [1.54, 1.807) is 0 Å². The third-order valence-electron chi connectivity index (χ3n) is 4.48. The van der Waals surface area contributed by atoms with Crippen LogP contribution in [0, 0.1) is 0 Å². The standard InChI is InChI=1S/C20H20Cl2F6N2S/c21-17-9-11(29)7-15(19(23,24)25)13(17)3-1-5-31-6-2-4-14-16(20(26,27)28)8-12(30)10-18(14)22/h7-10H,1-6,29-30H2. The van der Waals surface area contributed by atoms with Crippen molar-refractivity contribution < 1.29 is 26.3 Å². The molecule has 0 aromatic heterocycles.